The number of nitrogens with zero attached hydrogens (tertiary/aromatic N) is 2. The molecule has 1 fully saturated rings. The maximum Gasteiger partial charge on any atom is 0.312 e. The Morgan fingerprint density at radius 3 is 2.50 bits per heavy atom. The van der Waals surface area contributed by atoms with Gasteiger partial charge in [0.2, 0.25) is 11.8 Å². The predicted octanol–water partition coefficient (Wildman–Crippen LogP) is -0.461. The average molecular weight is 306 g/mol. The van der Waals surface area contributed by atoms with E-state index >= 15 is 0 Å². The van der Waals surface area contributed by atoms with E-state index < -0.39 is 6.03 Å². The number of nitrogens with one attached hydrogen (secondary N) is 1. The Labute approximate surface area is 127 Å². The van der Waals surface area contributed by atoms with E-state index in [0.717, 1.165) is 5.69 Å². The molecule has 1 aromatic rings. The number of hydrogen-bond acceptors (Lipinski definition) is 4. The monoisotopic (exact) mass is 306 g/mol. The quantitative estimate of drug-likeness (QED) is 0.785. The highest BCUT2D eigenvalue weighted by atomic mass is 16.5. The second-order valence-electron chi connectivity index (χ2n) is 4.78. The van der Waals surface area contributed by atoms with Crippen molar-refractivity contribution in [3.05, 3.63) is 24.3 Å². The van der Waals surface area contributed by atoms with Crippen molar-refractivity contribution in [3.63, 3.8) is 0 Å². The normalized spacial score (nSPS) is 14.7. The Bertz CT molecular complexity index is 573. The van der Waals surface area contributed by atoms with E-state index in [2.05, 4.69) is 5.32 Å². The molecule has 1 aliphatic heterocycles. The van der Waals surface area contributed by atoms with Crippen molar-refractivity contribution in [2.45, 2.75) is 0 Å². The molecule has 0 aliphatic carbocycles. The number of piperazine rings is 1. The Morgan fingerprint density at radius 2 is 1.95 bits per heavy atom. The van der Waals surface area contributed by atoms with Crippen LogP contribution in [0.15, 0.2) is 24.3 Å². The van der Waals surface area contributed by atoms with Crippen molar-refractivity contribution in [1.82, 2.24) is 10.2 Å². The number of primary amides is 1. The molecular weight excluding hydrogens is 288 g/mol. The number of urea groups is 1. The number of carbonyl (C=O) groups is 3. The predicted molar refractivity (Wildman–Crippen MR) is 79.5 cm³/mol. The molecule has 1 aliphatic rings. The smallest absolute Gasteiger partial charge is 0.312 e. The summed E-state index contributed by atoms with van der Waals surface area (Å²) >= 11 is 0. The molecule has 1 heterocycles. The number of ether oxygens (including phenoxy) is 1. The van der Waals surface area contributed by atoms with Gasteiger partial charge in [-0.2, -0.15) is 0 Å². The molecule has 0 radical (unpaired) electrons. The van der Waals surface area contributed by atoms with E-state index in [1.54, 1.807) is 36.3 Å². The van der Waals surface area contributed by atoms with Gasteiger partial charge in [-0.25, -0.2) is 4.79 Å². The van der Waals surface area contributed by atoms with E-state index in [9.17, 15) is 14.4 Å². The van der Waals surface area contributed by atoms with E-state index in [0.29, 0.717) is 18.8 Å². The number of rotatable bonds is 4. The molecule has 0 unspecified atom stereocenters. The number of anilines is 1. The van der Waals surface area contributed by atoms with Gasteiger partial charge in [0.05, 0.1) is 13.7 Å². The summed E-state index contributed by atoms with van der Waals surface area (Å²) in [5.74, 6) is 0.202. The van der Waals surface area contributed by atoms with Crippen LogP contribution >= 0.6 is 0 Å². The standard InChI is InChI=1S/C14H18N4O4/c1-22-11-4-2-10(3-5-11)18-7-6-17(9-13(18)20)12(19)8-16-14(15)21/h2-5H,6-9H2,1H3,(H3,15,16,21). The number of methoxy groups -OCH3 is 1. The van der Waals surface area contributed by atoms with Gasteiger partial charge in [0.25, 0.3) is 0 Å². The van der Waals surface area contributed by atoms with E-state index in [1.165, 1.54) is 4.90 Å². The lowest BCUT2D eigenvalue weighted by Crippen LogP contribution is -2.54. The number of hydrogen-bond donors (Lipinski definition) is 2. The zero-order chi connectivity index (χ0) is 16.1. The minimum Gasteiger partial charge on any atom is -0.497 e. The molecule has 0 spiro atoms. The third-order valence-electron chi connectivity index (χ3n) is 3.37. The first kappa shape index (κ1) is 15.6. The molecule has 1 saturated heterocycles. The number of amides is 4. The van der Waals surface area contributed by atoms with Gasteiger partial charge in [-0.3, -0.25) is 9.59 Å². The molecule has 8 heteroatoms. The fourth-order valence-electron chi connectivity index (χ4n) is 2.20. The van der Waals surface area contributed by atoms with Crippen LogP contribution in [0.2, 0.25) is 0 Å². The lowest BCUT2D eigenvalue weighted by Gasteiger charge is -2.34. The van der Waals surface area contributed by atoms with Crippen LogP contribution in [0.4, 0.5) is 10.5 Å². The van der Waals surface area contributed by atoms with Crippen molar-refractivity contribution in [3.8, 4) is 5.75 Å². The summed E-state index contributed by atoms with van der Waals surface area (Å²) in [6.45, 7) is 0.570. The van der Waals surface area contributed by atoms with Crippen LogP contribution in [-0.2, 0) is 9.59 Å². The van der Waals surface area contributed by atoms with Crippen molar-refractivity contribution >= 4 is 23.5 Å². The fourth-order valence-corrected chi connectivity index (χ4v) is 2.20. The first-order valence-corrected chi connectivity index (χ1v) is 6.76. The second kappa shape index (κ2) is 6.79. The Hall–Kier alpha value is -2.77. The van der Waals surface area contributed by atoms with Crippen molar-refractivity contribution in [2.24, 2.45) is 5.73 Å². The largest absolute Gasteiger partial charge is 0.497 e. The number of benzene rings is 1. The van der Waals surface area contributed by atoms with Crippen LogP contribution in [0.3, 0.4) is 0 Å². The van der Waals surface area contributed by atoms with Crippen LogP contribution in [0, 0.1) is 0 Å². The SMILES string of the molecule is COc1ccc(N2CCN(C(=O)CNC(N)=O)CC2=O)cc1. The maximum absolute atomic E-state index is 12.2. The van der Waals surface area contributed by atoms with Gasteiger partial charge >= 0.3 is 6.03 Å². The fraction of sp³-hybridized carbons (Fsp3) is 0.357. The molecule has 0 atom stereocenters. The van der Waals surface area contributed by atoms with E-state index in [4.69, 9.17) is 10.5 Å². The molecule has 4 amide bonds. The van der Waals surface area contributed by atoms with Gasteiger partial charge in [0.15, 0.2) is 0 Å². The van der Waals surface area contributed by atoms with Crippen molar-refractivity contribution < 1.29 is 19.1 Å². The van der Waals surface area contributed by atoms with E-state index in [1.807, 2.05) is 0 Å². The summed E-state index contributed by atoms with van der Waals surface area (Å²) in [7, 11) is 1.57. The molecule has 1 aromatic carbocycles. The van der Waals surface area contributed by atoms with E-state index in [-0.39, 0.29) is 24.9 Å². The van der Waals surface area contributed by atoms with Crippen LogP contribution in [0.5, 0.6) is 5.75 Å². The summed E-state index contributed by atoms with van der Waals surface area (Å²) in [4.78, 5) is 37.6. The molecule has 0 bridgehead atoms. The summed E-state index contributed by atoms with van der Waals surface area (Å²) < 4.78 is 5.08. The molecule has 22 heavy (non-hydrogen) atoms. The van der Waals surface area contributed by atoms with Crippen LogP contribution < -0.4 is 20.7 Å². The molecular formula is C14H18N4O4. The molecule has 118 valence electrons. The minimum atomic E-state index is -0.767. The lowest BCUT2D eigenvalue weighted by molar-refractivity contribution is -0.136. The zero-order valence-electron chi connectivity index (χ0n) is 12.2. The summed E-state index contributed by atoms with van der Waals surface area (Å²) in [6, 6.07) is 6.37. The van der Waals surface area contributed by atoms with Crippen LogP contribution in [0.25, 0.3) is 0 Å². The number of carbonyl (C=O) groups excluding carboxylic acids is 3. The third-order valence-corrected chi connectivity index (χ3v) is 3.37. The molecule has 0 saturated carbocycles. The number of nitrogens with two attached hydrogens (primary N) is 1. The van der Waals surface area contributed by atoms with Gasteiger partial charge < -0.3 is 25.6 Å². The van der Waals surface area contributed by atoms with Gasteiger partial charge in [0, 0.05) is 18.8 Å². The average Bonchev–Trinajstić information content (AvgIpc) is 2.52. The first-order valence-electron chi connectivity index (χ1n) is 6.76. The molecule has 2 rings (SSSR count). The van der Waals surface area contributed by atoms with Gasteiger partial charge in [0.1, 0.15) is 12.3 Å². The Balaban J connectivity index is 1.95. The van der Waals surface area contributed by atoms with Crippen molar-refractivity contribution in [2.75, 3.05) is 38.2 Å². The highest BCUT2D eigenvalue weighted by Crippen LogP contribution is 2.21. The highest BCUT2D eigenvalue weighted by Gasteiger charge is 2.27. The highest BCUT2D eigenvalue weighted by molar-refractivity contribution is 5.98. The molecule has 8 nitrogen and oxygen atoms in total. The van der Waals surface area contributed by atoms with Gasteiger partial charge in [-0.1, -0.05) is 0 Å². The molecule has 0 aromatic heterocycles. The second-order valence-corrected chi connectivity index (χ2v) is 4.78. The zero-order valence-corrected chi connectivity index (χ0v) is 12.2. The van der Waals surface area contributed by atoms with Crippen molar-refractivity contribution in [1.29, 1.82) is 0 Å². The lowest BCUT2D eigenvalue weighted by atomic mass is 10.2. The Morgan fingerprint density at radius 1 is 1.27 bits per heavy atom. The minimum absolute atomic E-state index is 0.0225. The van der Waals surface area contributed by atoms with Crippen LogP contribution in [0.1, 0.15) is 0 Å². The summed E-state index contributed by atoms with van der Waals surface area (Å²) in [6.07, 6.45) is 0. The summed E-state index contributed by atoms with van der Waals surface area (Å²) in [5.41, 5.74) is 5.67. The Kier molecular flexibility index (Phi) is 4.82. The van der Waals surface area contributed by atoms with Crippen LogP contribution in [-0.4, -0.2) is 56.0 Å². The topological polar surface area (TPSA) is 105 Å². The molecule has 3 N–H and O–H groups in total. The first-order chi connectivity index (χ1) is 10.5. The van der Waals surface area contributed by atoms with Gasteiger partial charge in [-0.05, 0) is 24.3 Å². The summed E-state index contributed by atoms with van der Waals surface area (Å²) in [5, 5.41) is 2.22. The third kappa shape index (κ3) is 3.66. The van der Waals surface area contributed by atoms with Gasteiger partial charge in [-0.15, -0.1) is 0 Å². The maximum atomic E-state index is 12.2.